The van der Waals surface area contributed by atoms with Crippen molar-refractivity contribution >= 4 is 23.5 Å². The maximum absolute atomic E-state index is 6.21. The van der Waals surface area contributed by atoms with Gasteiger partial charge >= 0.3 is 7.12 Å². The van der Waals surface area contributed by atoms with Gasteiger partial charge in [0.1, 0.15) is 0 Å². The second-order valence-electron chi connectivity index (χ2n) is 8.22. The van der Waals surface area contributed by atoms with Crippen LogP contribution in [0.5, 0.6) is 0 Å². The van der Waals surface area contributed by atoms with Crippen LogP contribution in [0, 0.1) is 6.92 Å². The standard InChI is InChI=1S/C19H27BN2O3/c1-13-15-10-9-14(20-24-18(2,3)19(4,5)25-20)12-16(15)22(21-13)17-8-6-7-11-23-17/h9-10,12,17H,6-8,11H2,1-5H3. The lowest BCUT2D eigenvalue weighted by Crippen LogP contribution is -2.41. The first-order valence-corrected chi connectivity index (χ1v) is 9.24. The van der Waals surface area contributed by atoms with Crippen LogP contribution in [0.15, 0.2) is 18.2 Å². The van der Waals surface area contributed by atoms with Crippen LogP contribution >= 0.6 is 0 Å². The van der Waals surface area contributed by atoms with Crippen LogP contribution in [0.2, 0.25) is 0 Å². The Morgan fingerprint density at radius 2 is 1.84 bits per heavy atom. The number of aryl methyl sites for hydroxylation is 1. The van der Waals surface area contributed by atoms with Gasteiger partial charge in [0, 0.05) is 12.0 Å². The SMILES string of the molecule is Cc1nn(C2CCCCO2)c2cc(B3OC(C)(C)C(C)(C)O3)ccc12. The monoisotopic (exact) mass is 342 g/mol. The second kappa shape index (κ2) is 5.83. The number of hydrogen-bond donors (Lipinski definition) is 0. The molecule has 2 fully saturated rings. The number of hydrogen-bond acceptors (Lipinski definition) is 4. The molecular formula is C19H27BN2O3. The molecule has 3 heterocycles. The molecule has 2 aromatic rings. The molecule has 0 N–H and O–H groups in total. The number of aromatic nitrogens is 2. The number of fused-ring (bicyclic) bond motifs is 1. The van der Waals surface area contributed by atoms with Crippen molar-refractivity contribution in [2.75, 3.05) is 6.61 Å². The Morgan fingerprint density at radius 1 is 1.12 bits per heavy atom. The Morgan fingerprint density at radius 3 is 2.48 bits per heavy atom. The van der Waals surface area contributed by atoms with Gasteiger partial charge in [-0.05, 0) is 65.4 Å². The summed E-state index contributed by atoms with van der Waals surface area (Å²) in [5.74, 6) is 0. The van der Waals surface area contributed by atoms with E-state index in [-0.39, 0.29) is 24.5 Å². The zero-order valence-electron chi connectivity index (χ0n) is 15.8. The van der Waals surface area contributed by atoms with E-state index in [0.717, 1.165) is 41.5 Å². The van der Waals surface area contributed by atoms with Crippen molar-refractivity contribution in [3.05, 3.63) is 23.9 Å². The smallest absolute Gasteiger partial charge is 0.399 e. The summed E-state index contributed by atoms with van der Waals surface area (Å²) in [6.45, 7) is 11.2. The summed E-state index contributed by atoms with van der Waals surface area (Å²) >= 11 is 0. The van der Waals surface area contributed by atoms with Crippen LogP contribution in [-0.4, -0.2) is 34.7 Å². The molecule has 5 nitrogen and oxygen atoms in total. The first-order valence-electron chi connectivity index (χ1n) is 9.24. The molecule has 1 aromatic heterocycles. The average Bonchev–Trinajstić information content (AvgIpc) is 3.01. The summed E-state index contributed by atoms with van der Waals surface area (Å²) in [7, 11) is -0.356. The third-order valence-electron chi connectivity index (χ3n) is 5.87. The van der Waals surface area contributed by atoms with Crippen molar-refractivity contribution in [3.8, 4) is 0 Å². The topological polar surface area (TPSA) is 45.5 Å². The fourth-order valence-electron chi connectivity index (χ4n) is 3.58. The lowest BCUT2D eigenvalue weighted by Gasteiger charge is -2.32. The lowest BCUT2D eigenvalue weighted by atomic mass is 9.79. The fraction of sp³-hybridized carbons (Fsp3) is 0.632. The molecule has 1 atom stereocenters. The Balaban J connectivity index is 1.72. The molecule has 4 rings (SSSR count). The van der Waals surface area contributed by atoms with Crippen LogP contribution in [0.25, 0.3) is 10.9 Å². The summed E-state index contributed by atoms with van der Waals surface area (Å²) in [4.78, 5) is 0. The Labute approximate surface area is 149 Å². The van der Waals surface area contributed by atoms with Crippen molar-refractivity contribution < 1.29 is 14.0 Å². The van der Waals surface area contributed by atoms with Gasteiger partial charge < -0.3 is 14.0 Å². The highest BCUT2D eigenvalue weighted by Crippen LogP contribution is 2.37. The van der Waals surface area contributed by atoms with E-state index in [9.17, 15) is 0 Å². The molecule has 0 amide bonds. The van der Waals surface area contributed by atoms with E-state index in [0.29, 0.717) is 0 Å². The minimum Gasteiger partial charge on any atom is -0.399 e. The first-order chi connectivity index (χ1) is 11.8. The van der Waals surface area contributed by atoms with Gasteiger partial charge in [0.25, 0.3) is 0 Å². The van der Waals surface area contributed by atoms with Crippen LogP contribution < -0.4 is 5.46 Å². The zero-order valence-corrected chi connectivity index (χ0v) is 15.8. The van der Waals surface area contributed by atoms with E-state index in [4.69, 9.17) is 19.1 Å². The summed E-state index contributed by atoms with van der Waals surface area (Å²) in [6.07, 6.45) is 3.35. The molecule has 2 saturated heterocycles. The van der Waals surface area contributed by atoms with E-state index >= 15 is 0 Å². The molecule has 25 heavy (non-hydrogen) atoms. The molecule has 6 heteroatoms. The van der Waals surface area contributed by atoms with Gasteiger partial charge in [0.05, 0.1) is 22.4 Å². The molecule has 1 aromatic carbocycles. The van der Waals surface area contributed by atoms with Crippen molar-refractivity contribution in [1.82, 2.24) is 9.78 Å². The minimum absolute atomic E-state index is 0.0264. The highest BCUT2D eigenvalue weighted by atomic mass is 16.7. The predicted molar refractivity (Wildman–Crippen MR) is 99.0 cm³/mol. The number of benzene rings is 1. The first kappa shape index (κ1) is 17.1. The molecule has 1 unspecified atom stereocenters. The molecular weight excluding hydrogens is 315 g/mol. The van der Waals surface area contributed by atoms with Crippen LogP contribution in [-0.2, 0) is 14.0 Å². The quantitative estimate of drug-likeness (QED) is 0.786. The summed E-state index contributed by atoms with van der Waals surface area (Å²) in [5, 5.41) is 5.91. The van der Waals surface area contributed by atoms with Crippen LogP contribution in [0.1, 0.15) is 58.9 Å². The normalized spacial score (nSPS) is 25.6. The molecule has 0 aliphatic carbocycles. The van der Waals surface area contributed by atoms with Gasteiger partial charge in [-0.2, -0.15) is 5.10 Å². The van der Waals surface area contributed by atoms with E-state index in [1.54, 1.807) is 0 Å². The Bertz CT molecular complexity index is 777. The molecule has 0 saturated carbocycles. The van der Waals surface area contributed by atoms with E-state index in [1.807, 2.05) is 4.68 Å². The second-order valence-corrected chi connectivity index (χ2v) is 8.22. The predicted octanol–water partition coefficient (Wildman–Crippen LogP) is 3.34. The molecule has 2 aliphatic heterocycles. The number of ether oxygens (including phenoxy) is 1. The highest BCUT2D eigenvalue weighted by Gasteiger charge is 2.51. The maximum Gasteiger partial charge on any atom is 0.494 e. The summed E-state index contributed by atoms with van der Waals surface area (Å²) in [6, 6.07) is 6.36. The van der Waals surface area contributed by atoms with Crippen molar-refractivity contribution in [3.63, 3.8) is 0 Å². The fourth-order valence-corrected chi connectivity index (χ4v) is 3.58. The Hall–Kier alpha value is -1.37. The van der Waals surface area contributed by atoms with Gasteiger partial charge in [-0.25, -0.2) is 4.68 Å². The van der Waals surface area contributed by atoms with Gasteiger partial charge in [-0.15, -0.1) is 0 Å². The minimum atomic E-state index is -0.356. The summed E-state index contributed by atoms with van der Waals surface area (Å²) in [5.41, 5.74) is 2.48. The van der Waals surface area contributed by atoms with Crippen molar-refractivity contribution in [2.24, 2.45) is 0 Å². The van der Waals surface area contributed by atoms with Crippen LogP contribution in [0.4, 0.5) is 0 Å². The van der Waals surface area contributed by atoms with Gasteiger partial charge in [0.15, 0.2) is 6.23 Å². The van der Waals surface area contributed by atoms with Crippen LogP contribution in [0.3, 0.4) is 0 Å². The zero-order chi connectivity index (χ0) is 17.8. The molecule has 0 radical (unpaired) electrons. The summed E-state index contributed by atoms with van der Waals surface area (Å²) < 4.78 is 20.4. The largest absolute Gasteiger partial charge is 0.494 e. The van der Waals surface area contributed by atoms with E-state index < -0.39 is 0 Å². The van der Waals surface area contributed by atoms with Gasteiger partial charge in [-0.1, -0.05) is 12.1 Å². The van der Waals surface area contributed by atoms with E-state index in [2.05, 4.69) is 52.8 Å². The molecule has 0 spiro atoms. The average molecular weight is 342 g/mol. The Kier molecular flexibility index (Phi) is 3.98. The highest BCUT2D eigenvalue weighted by molar-refractivity contribution is 6.62. The molecule has 2 aliphatic rings. The third-order valence-corrected chi connectivity index (χ3v) is 5.87. The molecule has 0 bridgehead atoms. The molecule has 134 valence electrons. The van der Waals surface area contributed by atoms with Gasteiger partial charge in [0.2, 0.25) is 0 Å². The maximum atomic E-state index is 6.21. The third kappa shape index (κ3) is 2.80. The van der Waals surface area contributed by atoms with Crippen molar-refractivity contribution in [2.45, 2.75) is 71.3 Å². The number of rotatable bonds is 2. The van der Waals surface area contributed by atoms with E-state index in [1.165, 1.54) is 6.42 Å². The van der Waals surface area contributed by atoms with Gasteiger partial charge in [-0.3, -0.25) is 0 Å². The lowest BCUT2D eigenvalue weighted by molar-refractivity contribution is -0.0368. The number of nitrogens with zero attached hydrogens (tertiary/aromatic N) is 2. The van der Waals surface area contributed by atoms with Crippen molar-refractivity contribution in [1.29, 1.82) is 0 Å².